The molecule has 0 bridgehead atoms. The van der Waals surface area contributed by atoms with E-state index in [4.69, 9.17) is 10.5 Å². The van der Waals surface area contributed by atoms with Gasteiger partial charge in [0.2, 0.25) is 5.91 Å². The number of carbonyl (C=O) groups excluding carboxylic acids is 1. The van der Waals surface area contributed by atoms with E-state index in [1.165, 1.54) is 12.8 Å². The molecule has 0 aliphatic carbocycles. The van der Waals surface area contributed by atoms with Gasteiger partial charge in [0.25, 0.3) is 0 Å². The summed E-state index contributed by atoms with van der Waals surface area (Å²) in [5.41, 5.74) is 5.79. The standard InChI is InChI=1S/C13H26N2O2/c1-10(2)9-12(14)13(16)15-7-6-11-5-3-4-8-17-11/h10-12H,3-9,14H2,1-2H3,(H,15,16). The topological polar surface area (TPSA) is 64.4 Å². The Hall–Kier alpha value is -0.610. The van der Waals surface area contributed by atoms with Crippen molar-refractivity contribution in [3.8, 4) is 0 Å². The zero-order valence-electron chi connectivity index (χ0n) is 11.1. The van der Waals surface area contributed by atoms with Gasteiger partial charge < -0.3 is 15.8 Å². The maximum absolute atomic E-state index is 11.6. The van der Waals surface area contributed by atoms with E-state index in [-0.39, 0.29) is 11.9 Å². The number of ether oxygens (including phenoxy) is 1. The molecule has 4 heteroatoms. The largest absolute Gasteiger partial charge is 0.378 e. The third-order valence-corrected chi connectivity index (χ3v) is 3.10. The SMILES string of the molecule is CC(C)CC(N)C(=O)NCCC1CCCCO1. The van der Waals surface area contributed by atoms with Gasteiger partial charge in [-0.05, 0) is 38.0 Å². The predicted octanol–water partition coefficient (Wildman–Crippen LogP) is 1.44. The molecule has 100 valence electrons. The number of carbonyl (C=O) groups is 1. The third kappa shape index (κ3) is 6.03. The second-order valence-corrected chi connectivity index (χ2v) is 5.30. The van der Waals surface area contributed by atoms with Crippen molar-refractivity contribution >= 4 is 5.91 Å². The summed E-state index contributed by atoms with van der Waals surface area (Å²) in [7, 11) is 0. The smallest absolute Gasteiger partial charge is 0.236 e. The Balaban J connectivity index is 2.10. The summed E-state index contributed by atoms with van der Waals surface area (Å²) < 4.78 is 5.60. The van der Waals surface area contributed by atoms with E-state index in [1.807, 2.05) is 0 Å². The van der Waals surface area contributed by atoms with Crippen LogP contribution >= 0.6 is 0 Å². The van der Waals surface area contributed by atoms with Gasteiger partial charge in [-0.25, -0.2) is 0 Å². The number of hydrogen-bond acceptors (Lipinski definition) is 3. The number of nitrogens with two attached hydrogens (primary N) is 1. The number of rotatable bonds is 6. The van der Waals surface area contributed by atoms with Crippen LogP contribution in [0.5, 0.6) is 0 Å². The van der Waals surface area contributed by atoms with Gasteiger partial charge in [0.15, 0.2) is 0 Å². The Morgan fingerprint density at radius 3 is 2.82 bits per heavy atom. The lowest BCUT2D eigenvalue weighted by atomic mass is 10.0. The van der Waals surface area contributed by atoms with Crippen LogP contribution in [-0.4, -0.2) is 31.2 Å². The Kier molecular flexibility index (Phi) is 6.52. The van der Waals surface area contributed by atoms with E-state index >= 15 is 0 Å². The van der Waals surface area contributed by atoms with Crippen molar-refractivity contribution in [1.82, 2.24) is 5.32 Å². The molecule has 0 radical (unpaired) electrons. The minimum absolute atomic E-state index is 0.0329. The molecule has 1 aliphatic rings. The monoisotopic (exact) mass is 242 g/mol. The fourth-order valence-corrected chi connectivity index (χ4v) is 2.14. The average molecular weight is 242 g/mol. The van der Waals surface area contributed by atoms with Gasteiger partial charge >= 0.3 is 0 Å². The average Bonchev–Trinajstić information content (AvgIpc) is 2.29. The maximum Gasteiger partial charge on any atom is 0.236 e. The fourth-order valence-electron chi connectivity index (χ4n) is 2.14. The molecule has 0 aromatic rings. The lowest BCUT2D eigenvalue weighted by Gasteiger charge is -2.23. The summed E-state index contributed by atoms with van der Waals surface area (Å²) in [6.07, 6.45) is 5.50. The second-order valence-electron chi connectivity index (χ2n) is 5.30. The van der Waals surface area contributed by atoms with Crippen LogP contribution in [0.2, 0.25) is 0 Å². The van der Waals surface area contributed by atoms with Gasteiger partial charge in [-0.2, -0.15) is 0 Å². The van der Waals surface area contributed by atoms with E-state index in [9.17, 15) is 4.79 Å². The Bertz CT molecular complexity index is 225. The van der Waals surface area contributed by atoms with Crippen LogP contribution in [0.4, 0.5) is 0 Å². The molecule has 1 rings (SSSR count). The first-order valence-electron chi connectivity index (χ1n) is 6.74. The zero-order chi connectivity index (χ0) is 12.7. The highest BCUT2D eigenvalue weighted by molar-refractivity contribution is 5.81. The second kappa shape index (κ2) is 7.67. The Labute approximate surface area is 104 Å². The highest BCUT2D eigenvalue weighted by Crippen LogP contribution is 2.14. The first-order valence-corrected chi connectivity index (χ1v) is 6.74. The van der Waals surface area contributed by atoms with Gasteiger partial charge in [-0.15, -0.1) is 0 Å². The summed E-state index contributed by atoms with van der Waals surface area (Å²) >= 11 is 0. The van der Waals surface area contributed by atoms with Crippen molar-refractivity contribution in [1.29, 1.82) is 0 Å². The van der Waals surface area contributed by atoms with Gasteiger partial charge in [-0.1, -0.05) is 13.8 Å². The third-order valence-electron chi connectivity index (χ3n) is 3.10. The van der Waals surface area contributed by atoms with Crippen molar-refractivity contribution in [2.45, 2.75) is 58.1 Å². The van der Waals surface area contributed by atoms with E-state index in [1.54, 1.807) is 0 Å². The molecular formula is C13H26N2O2. The lowest BCUT2D eigenvalue weighted by Crippen LogP contribution is -2.42. The van der Waals surface area contributed by atoms with Crippen LogP contribution < -0.4 is 11.1 Å². The summed E-state index contributed by atoms with van der Waals surface area (Å²) in [6.45, 7) is 5.69. The van der Waals surface area contributed by atoms with Crippen LogP contribution in [0.1, 0.15) is 46.0 Å². The van der Waals surface area contributed by atoms with Crippen molar-refractivity contribution in [2.24, 2.45) is 11.7 Å². The zero-order valence-corrected chi connectivity index (χ0v) is 11.1. The van der Waals surface area contributed by atoms with Crippen molar-refractivity contribution in [2.75, 3.05) is 13.2 Å². The summed E-state index contributed by atoms with van der Waals surface area (Å²) in [4.78, 5) is 11.6. The molecule has 0 aromatic carbocycles. The highest BCUT2D eigenvalue weighted by atomic mass is 16.5. The van der Waals surface area contributed by atoms with Crippen molar-refractivity contribution in [3.05, 3.63) is 0 Å². The molecular weight excluding hydrogens is 216 g/mol. The van der Waals surface area contributed by atoms with Gasteiger partial charge in [0.05, 0.1) is 12.1 Å². The van der Waals surface area contributed by atoms with Gasteiger partial charge in [0, 0.05) is 13.2 Å². The number of amides is 1. The molecule has 1 aliphatic heterocycles. The Morgan fingerprint density at radius 2 is 2.24 bits per heavy atom. The molecule has 1 amide bonds. The maximum atomic E-state index is 11.6. The lowest BCUT2D eigenvalue weighted by molar-refractivity contribution is -0.122. The van der Waals surface area contributed by atoms with E-state index < -0.39 is 0 Å². The molecule has 1 saturated heterocycles. The van der Waals surface area contributed by atoms with Crippen LogP contribution in [0.3, 0.4) is 0 Å². The molecule has 1 heterocycles. The molecule has 17 heavy (non-hydrogen) atoms. The summed E-state index contributed by atoms with van der Waals surface area (Å²) in [5.74, 6) is 0.423. The molecule has 3 N–H and O–H groups in total. The minimum Gasteiger partial charge on any atom is -0.378 e. The van der Waals surface area contributed by atoms with E-state index in [2.05, 4.69) is 19.2 Å². The molecule has 2 unspecified atom stereocenters. The van der Waals surface area contributed by atoms with Gasteiger partial charge in [0.1, 0.15) is 0 Å². The molecule has 0 saturated carbocycles. The Morgan fingerprint density at radius 1 is 1.47 bits per heavy atom. The minimum atomic E-state index is -0.373. The van der Waals surface area contributed by atoms with Crippen LogP contribution in [-0.2, 0) is 9.53 Å². The number of hydrogen-bond donors (Lipinski definition) is 2. The first kappa shape index (κ1) is 14.5. The number of nitrogens with one attached hydrogen (secondary N) is 1. The molecule has 0 spiro atoms. The normalized spacial score (nSPS) is 22.5. The van der Waals surface area contributed by atoms with Crippen LogP contribution in [0.25, 0.3) is 0 Å². The van der Waals surface area contributed by atoms with Gasteiger partial charge in [-0.3, -0.25) is 4.79 Å². The molecule has 0 aromatic heterocycles. The predicted molar refractivity (Wildman–Crippen MR) is 68.6 cm³/mol. The van der Waals surface area contributed by atoms with Crippen molar-refractivity contribution in [3.63, 3.8) is 0 Å². The molecule has 2 atom stereocenters. The first-order chi connectivity index (χ1) is 8.09. The summed E-state index contributed by atoms with van der Waals surface area (Å²) in [6, 6.07) is -0.373. The molecule has 1 fully saturated rings. The molecule has 4 nitrogen and oxygen atoms in total. The summed E-state index contributed by atoms with van der Waals surface area (Å²) in [5, 5.41) is 2.89. The van der Waals surface area contributed by atoms with Crippen molar-refractivity contribution < 1.29 is 9.53 Å². The quantitative estimate of drug-likeness (QED) is 0.740. The van der Waals surface area contributed by atoms with E-state index in [0.29, 0.717) is 18.6 Å². The highest BCUT2D eigenvalue weighted by Gasteiger charge is 2.16. The van der Waals surface area contributed by atoms with Crippen LogP contribution in [0, 0.1) is 5.92 Å². The fraction of sp³-hybridized carbons (Fsp3) is 0.923. The van der Waals surface area contributed by atoms with Crippen LogP contribution in [0.15, 0.2) is 0 Å². The van der Waals surface area contributed by atoms with E-state index in [0.717, 1.165) is 25.9 Å².